The van der Waals surface area contributed by atoms with Gasteiger partial charge in [-0.1, -0.05) is 6.92 Å². The van der Waals surface area contributed by atoms with Crippen LogP contribution in [0.2, 0.25) is 0 Å². The minimum Gasteiger partial charge on any atom is -0.496 e. The van der Waals surface area contributed by atoms with E-state index >= 15 is 0 Å². The number of piperidine rings is 1. The Bertz CT molecular complexity index is 595. The highest BCUT2D eigenvalue weighted by Crippen LogP contribution is 2.26. The Morgan fingerprint density at radius 1 is 1.32 bits per heavy atom. The summed E-state index contributed by atoms with van der Waals surface area (Å²) in [6.07, 6.45) is 2.56. The fourth-order valence-electron chi connectivity index (χ4n) is 2.96. The molecule has 1 N–H and O–H groups in total. The average molecular weight is 326 g/mol. The molecular weight excluding hydrogens is 300 g/mol. The van der Waals surface area contributed by atoms with E-state index in [-0.39, 0.29) is 6.04 Å². The van der Waals surface area contributed by atoms with Crippen molar-refractivity contribution in [3.05, 3.63) is 23.8 Å². The first-order valence-electron chi connectivity index (χ1n) is 7.88. The van der Waals surface area contributed by atoms with E-state index in [9.17, 15) is 8.42 Å². The van der Waals surface area contributed by atoms with Crippen molar-refractivity contribution in [1.82, 2.24) is 9.62 Å². The van der Waals surface area contributed by atoms with E-state index in [0.29, 0.717) is 17.2 Å². The summed E-state index contributed by atoms with van der Waals surface area (Å²) in [4.78, 5) is 0.359. The third-order valence-electron chi connectivity index (χ3n) is 4.13. The van der Waals surface area contributed by atoms with Crippen molar-refractivity contribution in [1.29, 1.82) is 0 Å². The summed E-state index contributed by atoms with van der Waals surface area (Å²) in [7, 11) is -1.87. The van der Waals surface area contributed by atoms with E-state index in [2.05, 4.69) is 5.32 Å². The Hall–Kier alpha value is -1.11. The molecule has 0 aromatic heterocycles. The number of nitrogens with zero attached hydrogens (tertiary/aromatic N) is 1. The van der Waals surface area contributed by atoms with Gasteiger partial charge in [0.25, 0.3) is 0 Å². The Balaban J connectivity index is 2.33. The van der Waals surface area contributed by atoms with E-state index in [1.54, 1.807) is 29.6 Å². The van der Waals surface area contributed by atoms with Crippen molar-refractivity contribution >= 4 is 10.0 Å². The maximum atomic E-state index is 13.0. The summed E-state index contributed by atoms with van der Waals surface area (Å²) < 4.78 is 33.0. The zero-order chi connectivity index (χ0) is 16.2. The Labute approximate surface area is 133 Å². The van der Waals surface area contributed by atoms with Crippen molar-refractivity contribution in [3.63, 3.8) is 0 Å². The first-order chi connectivity index (χ1) is 10.5. The predicted octanol–water partition coefficient (Wildman–Crippen LogP) is 2.16. The van der Waals surface area contributed by atoms with Gasteiger partial charge >= 0.3 is 0 Å². The monoisotopic (exact) mass is 326 g/mol. The van der Waals surface area contributed by atoms with E-state index in [1.165, 1.54) is 0 Å². The topological polar surface area (TPSA) is 58.6 Å². The van der Waals surface area contributed by atoms with Crippen molar-refractivity contribution in [3.8, 4) is 5.75 Å². The highest BCUT2D eigenvalue weighted by Gasteiger charge is 2.31. The van der Waals surface area contributed by atoms with Gasteiger partial charge in [-0.25, -0.2) is 8.42 Å². The third-order valence-corrected chi connectivity index (χ3v) is 6.08. The van der Waals surface area contributed by atoms with Crippen LogP contribution < -0.4 is 10.1 Å². The van der Waals surface area contributed by atoms with E-state index in [4.69, 9.17) is 4.74 Å². The molecule has 1 aromatic rings. The van der Waals surface area contributed by atoms with Gasteiger partial charge in [-0.15, -0.1) is 0 Å². The Kier molecular flexibility index (Phi) is 5.83. The zero-order valence-electron chi connectivity index (χ0n) is 13.6. The van der Waals surface area contributed by atoms with Crippen LogP contribution in [0, 0.1) is 6.92 Å². The number of benzene rings is 1. The molecule has 0 atom stereocenters. The summed E-state index contributed by atoms with van der Waals surface area (Å²) in [6.45, 7) is 6.21. The molecule has 22 heavy (non-hydrogen) atoms. The summed E-state index contributed by atoms with van der Waals surface area (Å²) >= 11 is 0. The minimum absolute atomic E-state index is 0.0913. The van der Waals surface area contributed by atoms with Gasteiger partial charge in [-0.3, -0.25) is 0 Å². The smallest absolute Gasteiger partial charge is 0.243 e. The average Bonchev–Trinajstić information content (AvgIpc) is 2.53. The molecular formula is C16H26N2O3S. The van der Waals surface area contributed by atoms with Gasteiger partial charge in [0, 0.05) is 12.6 Å². The highest BCUT2D eigenvalue weighted by molar-refractivity contribution is 7.89. The van der Waals surface area contributed by atoms with Crippen LogP contribution in [0.1, 0.15) is 31.7 Å². The fourth-order valence-corrected chi connectivity index (χ4v) is 4.82. The first kappa shape index (κ1) is 17.2. The SMILES string of the molecule is CCCN(C1CCNCC1)S(=O)(=O)c1ccc(OC)c(C)c1. The van der Waals surface area contributed by atoms with Crippen LogP contribution >= 0.6 is 0 Å². The maximum Gasteiger partial charge on any atom is 0.243 e. The van der Waals surface area contributed by atoms with Crippen molar-refractivity contribution in [2.75, 3.05) is 26.7 Å². The molecule has 1 aliphatic heterocycles. The molecule has 1 aromatic carbocycles. The van der Waals surface area contributed by atoms with Gasteiger partial charge in [0.15, 0.2) is 0 Å². The van der Waals surface area contributed by atoms with Crippen molar-refractivity contribution in [2.24, 2.45) is 0 Å². The quantitative estimate of drug-likeness (QED) is 0.870. The molecule has 0 radical (unpaired) electrons. The van der Waals surface area contributed by atoms with Gasteiger partial charge in [0.1, 0.15) is 5.75 Å². The number of ether oxygens (including phenoxy) is 1. The highest BCUT2D eigenvalue weighted by atomic mass is 32.2. The van der Waals surface area contributed by atoms with E-state index in [0.717, 1.165) is 37.9 Å². The second-order valence-electron chi connectivity index (χ2n) is 5.73. The molecule has 0 amide bonds. The van der Waals surface area contributed by atoms with Crippen LogP contribution in [-0.2, 0) is 10.0 Å². The molecule has 1 heterocycles. The molecule has 6 heteroatoms. The molecule has 0 aliphatic carbocycles. The van der Waals surface area contributed by atoms with Crippen molar-refractivity contribution < 1.29 is 13.2 Å². The van der Waals surface area contributed by atoms with Crippen LogP contribution in [0.5, 0.6) is 5.75 Å². The molecule has 2 rings (SSSR count). The number of aryl methyl sites for hydroxylation is 1. The molecule has 124 valence electrons. The number of sulfonamides is 1. The molecule has 0 spiro atoms. The second kappa shape index (κ2) is 7.44. The lowest BCUT2D eigenvalue weighted by atomic mass is 10.1. The molecule has 1 aliphatic rings. The normalized spacial score (nSPS) is 16.9. The van der Waals surface area contributed by atoms with E-state index in [1.807, 2.05) is 13.8 Å². The molecule has 0 bridgehead atoms. The molecule has 1 saturated heterocycles. The summed E-state index contributed by atoms with van der Waals surface area (Å²) in [5, 5.41) is 3.29. The number of methoxy groups -OCH3 is 1. The summed E-state index contributed by atoms with van der Waals surface area (Å²) in [5.41, 5.74) is 0.838. The standard InChI is InChI=1S/C16H26N2O3S/c1-4-11-18(14-7-9-17-10-8-14)22(19,20)15-5-6-16(21-3)13(2)12-15/h5-6,12,14,17H,4,7-11H2,1-3H3. The van der Waals surface area contributed by atoms with Gasteiger partial charge in [0.05, 0.1) is 12.0 Å². The van der Waals surface area contributed by atoms with Crippen LogP contribution in [0.3, 0.4) is 0 Å². The fraction of sp³-hybridized carbons (Fsp3) is 0.625. The van der Waals surface area contributed by atoms with Gasteiger partial charge in [-0.2, -0.15) is 4.31 Å². The first-order valence-corrected chi connectivity index (χ1v) is 9.32. The molecule has 5 nitrogen and oxygen atoms in total. The van der Waals surface area contributed by atoms with Crippen LogP contribution in [0.25, 0.3) is 0 Å². The van der Waals surface area contributed by atoms with Crippen LogP contribution in [0.4, 0.5) is 0 Å². The summed E-state index contributed by atoms with van der Waals surface area (Å²) in [5.74, 6) is 0.711. The number of hydrogen-bond acceptors (Lipinski definition) is 4. The molecule has 0 unspecified atom stereocenters. The van der Waals surface area contributed by atoms with Gasteiger partial charge in [-0.05, 0) is 63.0 Å². The minimum atomic E-state index is -3.46. The Morgan fingerprint density at radius 3 is 2.55 bits per heavy atom. The molecule has 0 saturated carbocycles. The van der Waals surface area contributed by atoms with Crippen LogP contribution in [0.15, 0.2) is 23.1 Å². The number of hydrogen-bond donors (Lipinski definition) is 1. The van der Waals surface area contributed by atoms with Gasteiger partial charge < -0.3 is 10.1 Å². The van der Waals surface area contributed by atoms with E-state index < -0.39 is 10.0 Å². The molecule has 1 fully saturated rings. The third kappa shape index (κ3) is 3.62. The maximum absolute atomic E-state index is 13.0. The lowest BCUT2D eigenvalue weighted by Gasteiger charge is -2.33. The Morgan fingerprint density at radius 2 is 2.00 bits per heavy atom. The summed E-state index contributed by atoms with van der Waals surface area (Å²) in [6, 6.07) is 5.17. The zero-order valence-corrected chi connectivity index (χ0v) is 14.4. The van der Waals surface area contributed by atoms with Gasteiger partial charge in [0.2, 0.25) is 10.0 Å². The van der Waals surface area contributed by atoms with Crippen molar-refractivity contribution in [2.45, 2.75) is 44.0 Å². The number of nitrogens with one attached hydrogen (secondary N) is 1. The van der Waals surface area contributed by atoms with Crippen LogP contribution in [-0.4, -0.2) is 45.5 Å². The lowest BCUT2D eigenvalue weighted by Crippen LogP contribution is -2.46. The second-order valence-corrected chi connectivity index (χ2v) is 7.62. The predicted molar refractivity (Wildman–Crippen MR) is 87.8 cm³/mol. The lowest BCUT2D eigenvalue weighted by molar-refractivity contribution is 0.262. The largest absolute Gasteiger partial charge is 0.496 e. The number of rotatable bonds is 6.